The number of benzene rings is 1. The second-order valence-corrected chi connectivity index (χ2v) is 8.79. The highest BCUT2D eigenvalue weighted by Crippen LogP contribution is 2.40. The first kappa shape index (κ1) is 23.5. The second kappa shape index (κ2) is 9.10. The third kappa shape index (κ3) is 4.18. The summed E-state index contributed by atoms with van der Waals surface area (Å²) in [6.07, 6.45) is 1.95. The molecule has 2 atom stereocenters. The quantitative estimate of drug-likeness (QED) is 0.360. The molecule has 0 saturated heterocycles. The van der Waals surface area contributed by atoms with Crippen LogP contribution in [0.2, 0.25) is 0 Å². The zero-order valence-corrected chi connectivity index (χ0v) is 19.9. The number of anilines is 2. The van der Waals surface area contributed by atoms with Crippen LogP contribution >= 0.6 is 0 Å². The summed E-state index contributed by atoms with van der Waals surface area (Å²) in [6.45, 7) is 2.05. The van der Waals surface area contributed by atoms with Crippen LogP contribution in [0.4, 0.5) is 25.1 Å². The molecule has 12 heteroatoms. The van der Waals surface area contributed by atoms with E-state index in [-0.39, 0.29) is 25.5 Å². The lowest BCUT2D eigenvalue weighted by molar-refractivity contribution is -0.117. The highest BCUT2D eigenvalue weighted by Gasteiger charge is 2.43. The molecule has 2 amide bonds. The molecule has 3 aromatic heterocycles. The Morgan fingerprint density at radius 2 is 2.14 bits per heavy atom. The number of hydrogen-bond acceptors (Lipinski definition) is 6. The molecule has 3 N–H and O–H groups in total. The van der Waals surface area contributed by atoms with E-state index in [2.05, 4.69) is 25.9 Å². The van der Waals surface area contributed by atoms with E-state index in [9.17, 15) is 14.0 Å². The van der Waals surface area contributed by atoms with Crippen molar-refractivity contribution in [2.75, 3.05) is 37.5 Å². The molecule has 0 radical (unpaired) electrons. The topological polar surface area (TPSA) is 117 Å². The Kier molecular flexibility index (Phi) is 5.94. The summed E-state index contributed by atoms with van der Waals surface area (Å²) in [5.41, 5.74) is 3.36. The molecular weight excluding hydrogens is 472 g/mol. The maximum absolute atomic E-state index is 15.7. The number of hydrogen-bond donors (Lipinski definition) is 3. The highest BCUT2D eigenvalue weighted by atomic mass is 19.1. The molecule has 188 valence electrons. The fourth-order valence-corrected chi connectivity index (χ4v) is 4.31. The van der Waals surface area contributed by atoms with Crippen molar-refractivity contribution in [1.29, 1.82) is 0 Å². The van der Waals surface area contributed by atoms with E-state index in [1.165, 1.54) is 7.05 Å². The van der Waals surface area contributed by atoms with Crippen molar-refractivity contribution in [3.05, 3.63) is 42.0 Å². The van der Waals surface area contributed by atoms with Gasteiger partial charge in [-0.3, -0.25) is 9.89 Å². The molecular formula is C24H25F2N7O3. The van der Waals surface area contributed by atoms with E-state index in [4.69, 9.17) is 4.74 Å². The number of carbonyl (C=O) groups excluding carboxylic acids is 2. The molecule has 1 aliphatic rings. The summed E-state index contributed by atoms with van der Waals surface area (Å²) in [7, 11) is 3.18. The van der Waals surface area contributed by atoms with E-state index in [1.807, 2.05) is 6.07 Å². The van der Waals surface area contributed by atoms with E-state index in [1.54, 1.807) is 47.9 Å². The molecule has 36 heavy (non-hydrogen) atoms. The zero-order valence-electron chi connectivity index (χ0n) is 19.9. The lowest BCUT2D eigenvalue weighted by Gasteiger charge is -2.23. The number of halogens is 2. The van der Waals surface area contributed by atoms with Gasteiger partial charge in [-0.05, 0) is 42.2 Å². The Morgan fingerprint density at radius 3 is 2.86 bits per heavy atom. The molecule has 0 unspecified atom stereocenters. The summed E-state index contributed by atoms with van der Waals surface area (Å²) in [4.78, 5) is 25.1. The van der Waals surface area contributed by atoms with E-state index in [0.717, 1.165) is 10.9 Å². The van der Waals surface area contributed by atoms with Gasteiger partial charge in [-0.1, -0.05) is 0 Å². The average Bonchev–Trinajstić information content (AvgIpc) is 3.21. The molecule has 1 aromatic carbocycles. The zero-order chi connectivity index (χ0) is 25.6. The molecule has 0 aliphatic heterocycles. The second-order valence-electron chi connectivity index (χ2n) is 8.79. The lowest BCUT2D eigenvalue weighted by atomic mass is 9.95. The van der Waals surface area contributed by atoms with Gasteiger partial charge in [-0.15, -0.1) is 0 Å². The van der Waals surface area contributed by atoms with Gasteiger partial charge in [0.2, 0.25) is 5.91 Å². The number of alkyl halides is 1. The smallest absolute Gasteiger partial charge is 0.406 e. The third-order valence-corrected chi connectivity index (χ3v) is 6.36. The number of H-pyrrole nitrogens is 1. The third-order valence-electron chi connectivity index (χ3n) is 6.36. The Labute approximate surface area is 204 Å². The predicted octanol–water partition coefficient (Wildman–Crippen LogP) is 3.41. The van der Waals surface area contributed by atoms with Crippen LogP contribution in [0.5, 0.6) is 0 Å². The van der Waals surface area contributed by atoms with Crippen molar-refractivity contribution >= 4 is 39.9 Å². The number of rotatable bonds is 7. The number of alkyl carbamates (subject to hydrolysis) is 1. The number of ether oxygens (including phenoxy) is 1. The van der Waals surface area contributed by atoms with Gasteiger partial charge in [-0.25, -0.2) is 18.1 Å². The van der Waals surface area contributed by atoms with Crippen molar-refractivity contribution in [3.63, 3.8) is 0 Å². The Morgan fingerprint density at radius 1 is 1.36 bits per heavy atom. The maximum Gasteiger partial charge on any atom is 0.406 e. The van der Waals surface area contributed by atoms with Crippen LogP contribution in [-0.2, 0) is 9.53 Å². The summed E-state index contributed by atoms with van der Waals surface area (Å²) < 4.78 is 35.5. The average molecular weight is 498 g/mol. The minimum Gasteiger partial charge on any atom is -0.448 e. The molecule has 0 bridgehead atoms. The van der Waals surface area contributed by atoms with Crippen molar-refractivity contribution in [3.8, 4) is 11.1 Å². The van der Waals surface area contributed by atoms with Crippen LogP contribution in [0, 0.1) is 18.7 Å². The standard InChI is InChI=1S/C24H25F2N7O3/c1-12-19(13-4-5-33-14(8-13)9-18(31-33)29-23(34)15-10-17(15)25)16-11-28-30-21(16)22(20(12)26)32(3)6-7-36-24(35)27-2/h4-5,8-9,11,15,17H,6-7,10H2,1-3H3,(H,27,35)(H,28,30)(H,29,31,34)/t15-,17+/m1/s1. The van der Waals surface area contributed by atoms with Gasteiger partial charge >= 0.3 is 6.09 Å². The van der Waals surface area contributed by atoms with Gasteiger partial charge in [0, 0.05) is 31.7 Å². The van der Waals surface area contributed by atoms with E-state index < -0.39 is 24.0 Å². The number of nitrogens with one attached hydrogen (secondary N) is 3. The molecule has 0 spiro atoms. The van der Waals surface area contributed by atoms with Crippen molar-refractivity contribution in [1.82, 2.24) is 25.1 Å². The van der Waals surface area contributed by atoms with Crippen LogP contribution in [0.25, 0.3) is 27.5 Å². The Bertz CT molecular complexity index is 1480. The number of fused-ring (bicyclic) bond motifs is 2. The fourth-order valence-electron chi connectivity index (χ4n) is 4.31. The van der Waals surface area contributed by atoms with Crippen molar-refractivity contribution in [2.24, 2.45) is 5.92 Å². The molecule has 4 aromatic rings. The van der Waals surface area contributed by atoms with Gasteiger partial charge in [0.1, 0.15) is 12.8 Å². The van der Waals surface area contributed by atoms with Crippen LogP contribution in [-0.4, -0.2) is 65.2 Å². The molecule has 10 nitrogen and oxygen atoms in total. The van der Waals surface area contributed by atoms with E-state index in [0.29, 0.717) is 33.7 Å². The van der Waals surface area contributed by atoms with Crippen LogP contribution in [0.3, 0.4) is 0 Å². The molecule has 5 rings (SSSR count). The highest BCUT2D eigenvalue weighted by molar-refractivity contribution is 6.03. The summed E-state index contributed by atoms with van der Waals surface area (Å²) in [5.74, 6) is -1.10. The first-order valence-corrected chi connectivity index (χ1v) is 11.4. The Hall–Kier alpha value is -4.22. The number of nitrogens with zero attached hydrogens (tertiary/aromatic N) is 4. The van der Waals surface area contributed by atoms with Crippen molar-refractivity contribution < 1.29 is 23.1 Å². The largest absolute Gasteiger partial charge is 0.448 e. The van der Waals surface area contributed by atoms with Crippen LogP contribution < -0.4 is 15.5 Å². The maximum atomic E-state index is 15.7. The number of aromatic amines is 1. The monoisotopic (exact) mass is 497 g/mol. The van der Waals surface area contributed by atoms with Crippen LogP contribution in [0.15, 0.2) is 30.6 Å². The first-order chi connectivity index (χ1) is 17.3. The van der Waals surface area contributed by atoms with Crippen LogP contribution in [0.1, 0.15) is 12.0 Å². The summed E-state index contributed by atoms with van der Waals surface area (Å²) >= 11 is 0. The molecule has 1 saturated carbocycles. The number of amides is 2. The molecule has 3 heterocycles. The first-order valence-electron chi connectivity index (χ1n) is 11.4. The molecule has 1 aliphatic carbocycles. The number of aromatic nitrogens is 4. The minimum absolute atomic E-state index is 0.0789. The number of carbonyl (C=O) groups is 2. The number of pyridine rings is 1. The van der Waals surface area contributed by atoms with Crippen molar-refractivity contribution in [2.45, 2.75) is 19.5 Å². The van der Waals surface area contributed by atoms with E-state index >= 15 is 4.39 Å². The number of likely N-dealkylation sites (N-methyl/N-ethyl adjacent to an activating group) is 1. The normalized spacial score (nSPS) is 16.8. The Balaban J connectivity index is 1.47. The lowest BCUT2D eigenvalue weighted by Crippen LogP contribution is -2.28. The van der Waals surface area contributed by atoms with Gasteiger partial charge in [0.15, 0.2) is 11.6 Å². The summed E-state index contributed by atoms with van der Waals surface area (Å²) in [5, 5.41) is 17.1. The van der Waals surface area contributed by atoms with Gasteiger partial charge in [-0.2, -0.15) is 10.2 Å². The fraction of sp³-hybridized carbons (Fsp3) is 0.333. The summed E-state index contributed by atoms with van der Waals surface area (Å²) in [6, 6.07) is 5.33. The van der Waals surface area contributed by atoms with Gasteiger partial charge < -0.3 is 20.3 Å². The van der Waals surface area contributed by atoms with Gasteiger partial charge in [0.05, 0.1) is 35.4 Å². The SMILES string of the molecule is CNC(=O)OCCN(C)c1c(F)c(C)c(-c2ccn3nc(NC(=O)[C@@H]4C[C@@H]4F)cc3c2)c2cn[nH]c12. The van der Waals surface area contributed by atoms with Gasteiger partial charge in [0.25, 0.3) is 0 Å². The predicted molar refractivity (Wildman–Crippen MR) is 130 cm³/mol. The molecule has 1 fully saturated rings. The minimum atomic E-state index is -1.09.